The van der Waals surface area contributed by atoms with Crippen molar-refractivity contribution in [1.82, 2.24) is 5.06 Å². The largest absolute Gasteiger partial charge is 0.284 e. The van der Waals surface area contributed by atoms with Crippen LogP contribution in [0.2, 0.25) is 0 Å². The molecular formula is C18H16N2O3. The van der Waals surface area contributed by atoms with E-state index in [4.69, 9.17) is 4.84 Å². The van der Waals surface area contributed by atoms with Crippen LogP contribution >= 0.6 is 0 Å². The van der Waals surface area contributed by atoms with Gasteiger partial charge in [-0.25, -0.2) is 4.90 Å². The van der Waals surface area contributed by atoms with Gasteiger partial charge in [0.2, 0.25) is 5.91 Å². The molecule has 0 spiro atoms. The van der Waals surface area contributed by atoms with E-state index in [-0.39, 0.29) is 17.9 Å². The summed E-state index contributed by atoms with van der Waals surface area (Å²) in [4.78, 5) is 32.6. The van der Waals surface area contributed by atoms with E-state index in [1.165, 1.54) is 4.90 Å². The Hall–Kier alpha value is -2.50. The van der Waals surface area contributed by atoms with Crippen LogP contribution in [0.4, 0.5) is 5.69 Å². The van der Waals surface area contributed by atoms with Crippen LogP contribution in [0.1, 0.15) is 11.6 Å². The number of para-hydroxylation sites is 1. The molecule has 0 aromatic heterocycles. The summed E-state index contributed by atoms with van der Waals surface area (Å²) in [6, 6.07) is 18.4. The number of hydroxylamine groups is 2. The van der Waals surface area contributed by atoms with Crippen molar-refractivity contribution < 1.29 is 14.4 Å². The molecule has 116 valence electrons. The van der Waals surface area contributed by atoms with Crippen LogP contribution in [0, 0.1) is 5.92 Å². The van der Waals surface area contributed by atoms with Crippen molar-refractivity contribution in [2.75, 3.05) is 11.9 Å². The minimum Gasteiger partial charge on any atom is -0.284 e. The van der Waals surface area contributed by atoms with E-state index in [1.807, 2.05) is 48.5 Å². The number of nitrogens with zero attached hydrogens (tertiary/aromatic N) is 2. The summed E-state index contributed by atoms with van der Waals surface area (Å²) in [7, 11) is 1.77. The third kappa shape index (κ3) is 2.09. The zero-order chi connectivity index (χ0) is 16.0. The summed E-state index contributed by atoms with van der Waals surface area (Å²) in [5, 5.41) is 1.63. The third-order valence-electron chi connectivity index (χ3n) is 4.46. The molecule has 23 heavy (non-hydrogen) atoms. The van der Waals surface area contributed by atoms with Gasteiger partial charge in [-0.15, -0.1) is 0 Å². The Bertz CT molecular complexity index is 747. The number of imide groups is 1. The van der Waals surface area contributed by atoms with E-state index in [0.29, 0.717) is 5.69 Å². The van der Waals surface area contributed by atoms with Crippen molar-refractivity contribution in [3.8, 4) is 0 Å². The summed E-state index contributed by atoms with van der Waals surface area (Å²) < 4.78 is 0. The topological polar surface area (TPSA) is 49.9 Å². The second-order valence-corrected chi connectivity index (χ2v) is 5.80. The Morgan fingerprint density at radius 3 is 2.13 bits per heavy atom. The van der Waals surface area contributed by atoms with Crippen molar-refractivity contribution in [1.29, 1.82) is 0 Å². The minimum absolute atomic E-state index is 0.204. The maximum absolute atomic E-state index is 12.9. The lowest BCUT2D eigenvalue weighted by Gasteiger charge is -2.24. The normalized spacial score (nSPS) is 27.5. The molecule has 2 saturated heterocycles. The molecule has 5 nitrogen and oxygen atoms in total. The van der Waals surface area contributed by atoms with Crippen molar-refractivity contribution >= 4 is 17.5 Å². The van der Waals surface area contributed by atoms with Gasteiger partial charge in [-0.1, -0.05) is 48.5 Å². The third-order valence-corrected chi connectivity index (χ3v) is 4.46. The summed E-state index contributed by atoms with van der Waals surface area (Å²) in [5.74, 6) is -1.02. The molecule has 5 heteroatoms. The van der Waals surface area contributed by atoms with Gasteiger partial charge in [0.15, 0.2) is 6.10 Å². The molecule has 2 heterocycles. The van der Waals surface area contributed by atoms with E-state index >= 15 is 0 Å². The number of amides is 2. The Morgan fingerprint density at radius 1 is 0.870 bits per heavy atom. The second kappa shape index (κ2) is 5.30. The monoisotopic (exact) mass is 308 g/mol. The van der Waals surface area contributed by atoms with Gasteiger partial charge in [0.25, 0.3) is 5.91 Å². The van der Waals surface area contributed by atoms with E-state index < -0.39 is 12.0 Å². The van der Waals surface area contributed by atoms with E-state index in [1.54, 1.807) is 24.2 Å². The highest BCUT2D eigenvalue weighted by Crippen LogP contribution is 2.44. The first-order valence-electron chi connectivity index (χ1n) is 7.56. The number of fused-ring (bicyclic) bond motifs is 1. The molecular weight excluding hydrogens is 292 g/mol. The molecule has 0 unspecified atom stereocenters. The SMILES string of the molecule is CN1O[C@H]2C(=O)N(c3ccccc3)C(=O)[C@H]2[C@H]1c1ccccc1. The van der Waals surface area contributed by atoms with E-state index in [0.717, 1.165) is 5.56 Å². The second-order valence-electron chi connectivity index (χ2n) is 5.80. The maximum Gasteiger partial charge on any atom is 0.265 e. The molecule has 2 amide bonds. The Kier molecular flexibility index (Phi) is 3.25. The fraction of sp³-hybridized carbons (Fsp3) is 0.222. The Labute approximate surface area is 134 Å². The van der Waals surface area contributed by atoms with E-state index in [2.05, 4.69) is 0 Å². The van der Waals surface area contributed by atoms with Crippen LogP contribution in [0.25, 0.3) is 0 Å². The lowest BCUT2D eigenvalue weighted by atomic mass is 9.91. The average Bonchev–Trinajstić information content (AvgIpc) is 3.04. The Balaban J connectivity index is 1.73. The molecule has 0 saturated carbocycles. The van der Waals surface area contributed by atoms with Crippen LogP contribution in [-0.2, 0) is 14.4 Å². The number of benzene rings is 2. The number of anilines is 1. The van der Waals surface area contributed by atoms with Gasteiger partial charge in [0.1, 0.15) is 0 Å². The van der Waals surface area contributed by atoms with Crippen LogP contribution < -0.4 is 4.90 Å². The highest BCUT2D eigenvalue weighted by atomic mass is 16.7. The van der Waals surface area contributed by atoms with Gasteiger partial charge in [-0.3, -0.25) is 14.4 Å². The summed E-state index contributed by atoms with van der Waals surface area (Å²) in [6.45, 7) is 0. The van der Waals surface area contributed by atoms with Crippen molar-refractivity contribution in [3.05, 3.63) is 66.2 Å². The smallest absolute Gasteiger partial charge is 0.265 e. The first-order valence-corrected chi connectivity index (χ1v) is 7.56. The van der Waals surface area contributed by atoms with Crippen LogP contribution in [-0.4, -0.2) is 30.0 Å². The first-order chi connectivity index (χ1) is 11.2. The van der Waals surface area contributed by atoms with Gasteiger partial charge in [0, 0.05) is 7.05 Å². The van der Waals surface area contributed by atoms with Crippen LogP contribution in [0.15, 0.2) is 60.7 Å². The van der Waals surface area contributed by atoms with Gasteiger partial charge in [0.05, 0.1) is 17.6 Å². The predicted molar refractivity (Wildman–Crippen MR) is 84.2 cm³/mol. The standard InChI is InChI=1S/C18H16N2O3/c1-19-15(12-8-4-2-5-9-12)14-16(23-19)18(22)20(17(14)21)13-10-6-3-7-11-13/h2-11,14-16H,1H3/t14-,15+,16+/m0/s1. The highest BCUT2D eigenvalue weighted by molar-refractivity contribution is 6.23. The molecule has 0 bridgehead atoms. The van der Waals surface area contributed by atoms with Crippen molar-refractivity contribution in [2.24, 2.45) is 5.92 Å². The molecule has 0 radical (unpaired) electrons. The number of carbonyl (C=O) groups excluding carboxylic acids is 2. The number of hydrogen-bond donors (Lipinski definition) is 0. The molecule has 3 atom stereocenters. The predicted octanol–water partition coefficient (Wildman–Crippen LogP) is 2.16. The van der Waals surface area contributed by atoms with Crippen molar-refractivity contribution in [3.63, 3.8) is 0 Å². The molecule has 2 aliphatic heterocycles. The number of hydrogen-bond acceptors (Lipinski definition) is 4. The number of carbonyl (C=O) groups is 2. The maximum atomic E-state index is 12.9. The van der Waals surface area contributed by atoms with Gasteiger partial charge >= 0.3 is 0 Å². The number of rotatable bonds is 2. The van der Waals surface area contributed by atoms with Crippen molar-refractivity contribution in [2.45, 2.75) is 12.1 Å². The minimum atomic E-state index is -0.752. The van der Waals surface area contributed by atoms with Crippen LogP contribution in [0.3, 0.4) is 0 Å². The molecule has 2 aromatic rings. The molecule has 4 rings (SSSR count). The summed E-state index contributed by atoms with van der Waals surface area (Å²) in [5.41, 5.74) is 1.56. The molecule has 0 N–H and O–H groups in total. The Morgan fingerprint density at radius 2 is 1.48 bits per heavy atom. The van der Waals surface area contributed by atoms with Gasteiger partial charge < -0.3 is 0 Å². The zero-order valence-electron chi connectivity index (χ0n) is 12.6. The quantitative estimate of drug-likeness (QED) is 0.798. The molecule has 2 aliphatic rings. The van der Waals surface area contributed by atoms with E-state index in [9.17, 15) is 9.59 Å². The molecule has 2 fully saturated rings. The molecule has 0 aliphatic carbocycles. The van der Waals surface area contributed by atoms with Gasteiger partial charge in [-0.05, 0) is 17.7 Å². The highest BCUT2D eigenvalue weighted by Gasteiger charge is 2.59. The average molecular weight is 308 g/mol. The fourth-order valence-corrected chi connectivity index (χ4v) is 3.45. The summed E-state index contributed by atoms with van der Waals surface area (Å²) in [6.07, 6.45) is -0.752. The molecule has 2 aromatic carbocycles. The lowest BCUT2D eigenvalue weighted by Crippen LogP contribution is -2.36. The van der Waals surface area contributed by atoms with Crippen LogP contribution in [0.5, 0.6) is 0 Å². The fourth-order valence-electron chi connectivity index (χ4n) is 3.45. The zero-order valence-corrected chi connectivity index (χ0v) is 12.6. The van der Waals surface area contributed by atoms with Gasteiger partial charge in [-0.2, -0.15) is 5.06 Å². The lowest BCUT2D eigenvalue weighted by molar-refractivity contribution is -0.160. The summed E-state index contributed by atoms with van der Waals surface area (Å²) >= 11 is 0. The first kappa shape index (κ1) is 14.1.